The SMILES string of the molecule is O=[N+]([O-])c1cc(F)ccc1NCCOCC1CCCO1. The standard InChI is InChI=1S/C13H17FN2O4/c14-10-3-4-12(13(8-10)16(17)18)15-5-7-19-9-11-2-1-6-20-11/h3-4,8,11,15H,1-2,5-7,9H2. The first-order valence-corrected chi connectivity index (χ1v) is 6.54. The number of halogens is 1. The Bertz CT molecular complexity index is 464. The molecule has 20 heavy (non-hydrogen) atoms. The largest absolute Gasteiger partial charge is 0.377 e. The molecule has 2 rings (SSSR count). The van der Waals surface area contributed by atoms with Crippen LogP contribution in [0.15, 0.2) is 18.2 Å². The molecule has 1 fully saturated rings. The lowest BCUT2D eigenvalue weighted by Crippen LogP contribution is -2.18. The minimum Gasteiger partial charge on any atom is -0.377 e. The highest BCUT2D eigenvalue weighted by Crippen LogP contribution is 2.24. The van der Waals surface area contributed by atoms with Gasteiger partial charge < -0.3 is 14.8 Å². The molecule has 0 radical (unpaired) electrons. The van der Waals surface area contributed by atoms with Gasteiger partial charge in [-0.2, -0.15) is 0 Å². The van der Waals surface area contributed by atoms with Crippen molar-refractivity contribution in [2.45, 2.75) is 18.9 Å². The molecular weight excluding hydrogens is 267 g/mol. The molecule has 0 saturated carbocycles. The summed E-state index contributed by atoms with van der Waals surface area (Å²) >= 11 is 0. The van der Waals surface area contributed by atoms with Crippen molar-refractivity contribution in [2.24, 2.45) is 0 Å². The molecule has 1 aliphatic rings. The van der Waals surface area contributed by atoms with E-state index in [9.17, 15) is 14.5 Å². The molecule has 1 heterocycles. The Kier molecular flexibility index (Phi) is 5.25. The van der Waals surface area contributed by atoms with Crippen LogP contribution in [0.5, 0.6) is 0 Å². The Morgan fingerprint density at radius 3 is 3.10 bits per heavy atom. The minimum atomic E-state index is -0.628. The van der Waals surface area contributed by atoms with Gasteiger partial charge in [0.15, 0.2) is 0 Å². The van der Waals surface area contributed by atoms with Crippen LogP contribution in [0.1, 0.15) is 12.8 Å². The molecule has 1 saturated heterocycles. The Morgan fingerprint density at radius 1 is 1.55 bits per heavy atom. The number of nitrogens with zero attached hydrogens (tertiary/aromatic N) is 1. The second-order valence-electron chi connectivity index (χ2n) is 4.56. The Labute approximate surface area is 116 Å². The van der Waals surface area contributed by atoms with E-state index in [2.05, 4.69) is 5.32 Å². The minimum absolute atomic E-state index is 0.162. The number of ether oxygens (including phenoxy) is 2. The van der Waals surface area contributed by atoms with Gasteiger partial charge in [0, 0.05) is 13.2 Å². The van der Waals surface area contributed by atoms with Gasteiger partial charge in [0.1, 0.15) is 11.5 Å². The zero-order chi connectivity index (χ0) is 14.4. The van der Waals surface area contributed by atoms with Gasteiger partial charge >= 0.3 is 0 Å². The summed E-state index contributed by atoms with van der Waals surface area (Å²) in [7, 11) is 0. The van der Waals surface area contributed by atoms with Crippen LogP contribution in [0, 0.1) is 15.9 Å². The average molecular weight is 284 g/mol. The van der Waals surface area contributed by atoms with Crippen LogP contribution in [-0.2, 0) is 9.47 Å². The highest BCUT2D eigenvalue weighted by atomic mass is 19.1. The van der Waals surface area contributed by atoms with Gasteiger partial charge in [-0.1, -0.05) is 0 Å². The van der Waals surface area contributed by atoms with E-state index in [0.717, 1.165) is 25.5 Å². The zero-order valence-corrected chi connectivity index (χ0v) is 11.0. The number of nitro groups is 1. The van der Waals surface area contributed by atoms with Gasteiger partial charge in [0.2, 0.25) is 0 Å². The van der Waals surface area contributed by atoms with Crippen LogP contribution in [0.3, 0.4) is 0 Å². The highest BCUT2D eigenvalue weighted by Gasteiger charge is 2.16. The van der Waals surface area contributed by atoms with Crippen LogP contribution in [0.4, 0.5) is 15.8 Å². The van der Waals surface area contributed by atoms with Crippen LogP contribution in [-0.4, -0.2) is 37.4 Å². The van der Waals surface area contributed by atoms with Crippen molar-refractivity contribution in [1.29, 1.82) is 0 Å². The zero-order valence-electron chi connectivity index (χ0n) is 11.0. The summed E-state index contributed by atoms with van der Waals surface area (Å²) in [6.45, 7) is 2.15. The quantitative estimate of drug-likeness (QED) is 0.472. The van der Waals surface area contributed by atoms with E-state index in [-0.39, 0.29) is 17.5 Å². The van der Waals surface area contributed by atoms with Gasteiger partial charge in [0.25, 0.3) is 5.69 Å². The third-order valence-electron chi connectivity index (χ3n) is 3.05. The molecule has 1 aromatic rings. The van der Waals surface area contributed by atoms with Crippen molar-refractivity contribution in [3.8, 4) is 0 Å². The van der Waals surface area contributed by atoms with Crippen molar-refractivity contribution in [3.63, 3.8) is 0 Å². The molecule has 1 aromatic carbocycles. The number of benzene rings is 1. The molecule has 0 aromatic heterocycles. The lowest BCUT2D eigenvalue weighted by molar-refractivity contribution is -0.384. The molecule has 6 nitrogen and oxygen atoms in total. The van der Waals surface area contributed by atoms with E-state index < -0.39 is 10.7 Å². The van der Waals surface area contributed by atoms with Gasteiger partial charge in [0.05, 0.1) is 30.3 Å². The fourth-order valence-electron chi connectivity index (χ4n) is 2.05. The van der Waals surface area contributed by atoms with E-state index in [1.807, 2.05) is 0 Å². The molecule has 0 bridgehead atoms. The Hall–Kier alpha value is -1.73. The summed E-state index contributed by atoms with van der Waals surface area (Å²) in [4.78, 5) is 10.2. The van der Waals surface area contributed by atoms with Gasteiger partial charge in [-0.15, -0.1) is 0 Å². The summed E-state index contributed by atoms with van der Waals surface area (Å²) in [5.41, 5.74) is 0.0150. The third kappa shape index (κ3) is 4.14. The van der Waals surface area contributed by atoms with Gasteiger partial charge in [-0.25, -0.2) is 4.39 Å². The molecule has 7 heteroatoms. The van der Waals surface area contributed by atoms with Crippen LogP contribution >= 0.6 is 0 Å². The van der Waals surface area contributed by atoms with Crippen molar-refractivity contribution in [2.75, 3.05) is 31.7 Å². The number of nitro benzene ring substituents is 1. The van der Waals surface area contributed by atoms with E-state index in [1.165, 1.54) is 12.1 Å². The number of rotatable bonds is 7. The fraction of sp³-hybridized carbons (Fsp3) is 0.538. The van der Waals surface area contributed by atoms with E-state index in [0.29, 0.717) is 19.8 Å². The van der Waals surface area contributed by atoms with Gasteiger partial charge in [-0.3, -0.25) is 10.1 Å². The predicted octanol–water partition coefficient (Wildman–Crippen LogP) is 2.34. The Balaban J connectivity index is 1.74. The lowest BCUT2D eigenvalue weighted by Gasteiger charge is -2.11. The maximum atomic E-state index is 13.0. The highest BCUT2D eigenvalue weighted by molar-refractivity contribution is 5.61. The number of anilines is 1. The average Bonchev–Trinajstić information content (AvgIpc) is 2.92. The molecule has 0 spiro atoms. The summed E-state index contributed by atoms with van der Waals surface area (Å²) in [5.74, 6) is -0.628. The second-order valence-corrected chi connectivity index (χ2v) is 4.56. The Morgan fingerprint density at radius 2 is 2.40 bits per heavy atom. The van der Waals surface area contributed by atoms with Crippen molar-refractivity contribution in [1.82, 2.24) is 0 Å². The first-order chi connectivity index (χ1) is 9.66. The normalized spacial score (nSPS) is 18.1. The van der Waals surface area contributed by atoms with Crippen molar-refractivity contribution in [3.05, 3.63) is 34.1 Å². The van der Waals surface area contributed by atoms with E-state index >= 15 is 0 Å². The fourth-order valence-corrected chi connectivity index (χ4v) is 2.05. The van der Waals surface area contributed by atoms with Crippen LogP contribution < -0.4 is 5.32 Å². The first-order valence-electron chi connectivity index (χ1n) is 6.54. The molecule has 110 valence electrons. The summed E-state index contributed by atoms with van der Waals surface area (Å²) < 4.78 is 23.8. The predicted molar refractivity (Wildman–Crippen MR) is 71.3 cm³/mol. The maximum absolute atomic E-state index is 13.0. The maximum Gasteiger partial charge on any atom is 0.295 e. The second kappa shape index (κ2) is 7.16. The van der Waals surface area contributed by atoms with Crippen molar-refractivity contribution >= 4 is 11.4 Å². The number of hydrogen-bond donors (Lipinski definition) is 1. The smallest absolute Gasteiger partial charge is 0.295 e. The van der Waals surface area contributed by atoms with E-state index in [1.54, 1.807) is 0 Å². The van der Waals surface area contributed by atoms with Gasteiger partial charge in [-0.05, 0) is 25.0 Å². The van der Waals surface area contributed by atoms with E-state index in [4.69, 9.17) is 9.47 Å². The molecule has 1 unspecified atom stereocenters. The summed E-state index contributed by atoms with van der Waals surface area (Å²) in [6, 6.07) is 3.44. The molecule has 0 amide bonds. The molecule has 0 aliphatic carbocycles. The summed E-state index contributed by atoms with van der Waals surface area (Å²) in [6.07, 6.45) is 2.24. The van der Waals surface area contributed by atoms with Crippen LogP contribution in [0.2, 0.25) is 0 Å². The molecule has 1 atom stereocenters. The summed E-state index contributed by atoms with van der Waals surface area (Å²) in [5, 5.41) is 13.7. The van der Waals surface area contributed by atoms with Crippen molar-refractivity contribution < 1.29 is 18.8 Å². The first kappa shape index (κ1) is 14.7. The molecule has 1 aliphatic heterocycles. The lowest BCUT2D eigenvalue weighted by atomic mass is 10.2. The number of nitrogens with one attached hydrogen (secondary N) is 1. The molecular formula is C13H17FN2O4. The van der Waals surface area contributed by atoms with Crippen LogP contribution in [0.25, 0.3) is 0 Å². The molecule has 1 N–H and O–H groups in total. The monoisotopic (exact) mass is 284 g/mol. The number of hydrogen-bond acceptors (Lipinski definition) is 5. The third-order valence-corrected chi connectivity index (χ3v) is 3.05. The topological polar surface area (TPSA) is 73.6 Å².